The van der Waals surface area contributed by atoms with Crippen LogP contribution in [0.4, 0.5) is 10.1 Å². The minimum absolute atomic E-state index is 0.0268. The van der Waals surface area contributed by atoms with Gasteiger partial charge in [-0.1, -0.05) is 66.7 Å². The number of nitrogens with one attached hydrogen (secondary N) is 1. The zero-order chi connectivity index (χ0) is 24.9. The number of aryl methyl sites for hydroxylation is 1. The number of phenols is 1. The molecule has 0 fully saturated rings. The van der Waals surface area contributed by atoms with E-state index in [0.29, 0.717) is 19.4 Å². The number of hydrogen-bond donors (Lipinski definition) is 2. The van der Waals surface area contributed by atoms with Crippen molar-refractivity contribution in [1.82, 2.24) is 5.32 Å². The highest BCUT2D eigenvalue weighted by molar-refractivity contribution is 5.77. The lowest BCUT2D eigenvalue weighted by Gasteiger charge is -2.37. The maximum atomic E-state index is 13.4. The molecule has 4 aromatic rings. The van der Waals surface area contributed by atoms with Crippen molar-refractivity contribution in [3.8, 4) is 16.9 Å². The van der Waals surface area contributed by atoms with Gasteiger partial charge < -0.3 is 15.3 Å². The van der Waals surface area contributed by atoms with E-state index in [1.165, 1.54) is 17.7 Å². The van der Waals surface area contributed by atoms with Crippen molar-refractivity contribution >= 4 is 11.6 Å². The first kappa shape index (κ1) is 23.6. The summed E-state index contributed by atoms with van der Waals surface area (Å²) < 4.78 is 13.4. The van der Waals surface area contributed by atoms with Crippen LogP contribution < -0.4 is 10.2 Å². The van der Waals surface area contributed by atoms with Crippen LogP contribution in [0.5, 0.6) is 5.75 Å². The molecule has 5 rings (SSSR count). The lowest BCUT2D eigenvalue weighted by Crippen LogP contribution is -2.48. The Kier molecular flexibility index (Phi) is 6.99. The molecule has 1 unspecified atom stereocenters. The number of aromatic hydroxyl groups is 1. The molecule has 1 heterocycles. The van der Waals surface area contributed by atoms with E-state index in [1.807, 2.05) is 30.3 Å². The lowest BCUT2D eigenvalue weighted by atomic mass is 9.93. The average Bonchev–Trinajstić information content (AvgIpc) is 2.89. The summed E-state index contributed by atoms with van der Waals surface area (Å²) in [5, 5.41) is 13.2. The third-order valence-corrected chi connectivity index (χ3v) is 6.70. The quantitative estimate of drug-likeness (QED) is 0.347. The molecule has 1 atom stereocenters. The van der Waals surface area contributed by atoms with Crippen LogP contribution in [0.15, 0.2) is 97.1 Å². The van der Waals surface area contributed by atoms with E-state index in [1.54, 1.807) is 24.3 Å². The first-order chi connectivity index (χ1) is 17.5. The number of fused-ring (bicyclic) bond motifs is 1. The van der Waals surface area contributed by atoms with Gasteiger partial charge in [-0.3, -0.25) is 4.79 Å². The molecule has 2 N–H and O–H groups in total. The molecule has 4 aromatic carbocycles. The van der Waals surface area contributed by atoms with Gasteiger partial charge in [0.05, 0.1) is 6.04 Å². The van der Waals surface area contributed by atoms with Gasteiger partial charge in [-0.05, 0) is 71.0 Å². The number of hydrogen-bond acceptors (Lipinski definition) is 3. The Morgan fingerprint density at radius 3 is 2.42 bits per heavy atom. The summed E-state index contributed by atoms with van der Waals surface area (Å²) in [4.78, 5) is 15.2. The monoisotopic (exact) mass is 480 g/mol. The van der Waals surface area contributed by atoms with Crippen LogP contribution in [0.3, 0.4) is 0 Å². The van der Waals surface area contributed by atoms with E-state index in [4.69, 9.17) is 0 Å². The molecule has 5 heteroatoms. The molecule has 1 amide bonds. The minimum atomic E-state index is -0.252. The molecule has 0 spiro atoms. The summed E-state index contributed by atoms with van der Waals surface area (Å²) in [6, 6.07) is 30.3. The summed E-state index contributed by atoms with van der Waals surface area (Å²) in [6.07, 6.45) is 1.53. The second-order valence-corrected chi connectivity index (χ2v) is 9.31. The van der Waals surface area contributed by atoms with Crippen LogP contribution in [0, 0.1) is 5.82 Å². The molecule has 0 radical (unpaired) electrons. The third kappa shape index (κ3) is 5.57. The summed E-state index contributed by atoms with van der Waals surface area (Å²) >= 11 is 0. The fourth-order valence-corrected chi connectivity index (χ4v) is 4.89. The van der Waals surface area contributed by atoms with Gasteiger partial charge in [0.2, 0.25) is 5.91 Å². The Hall–Kier alpha value is -4.12. The Bertz CT molecular complexity index is 1340. The Morgan fingerprint density at radius 1 is 0.917 bits per heavy atom. The molecular weight excluding hydrogens is 451 g/mol. The topological polar surface area (TPSA) is 52.6 Å². The Balaban J connectivity index is 1.35. The number of phenolic OH excluding ortho intramolecular Hbond substituents is 1. The summed E-state index contributed by atoms with van der Waals surface area (Å²) in [5.74, 6) is -0.0577. The van der Waals surface area contributed by atoms with Gasteiger partial charge in [-0.25, -0.2) is 4.39 Å². The van der Waals surface area contributed by atoms with E-state index < -0.39 is 0 Å². The smallest absolute Gasteiger partial charge is 0.220 e. The first-order valence-corrected chi connectivity index (χ1v) is 12.3. The average molecular weight is 481 g/mol. The number of carbonyl (C=O) groups is 1. The number of para-hydroxylation sites is 1. The first-order valence-electron chi connectivity index (χ1n) is 12.3. The molecular formula is C31H29FN2O2. The Labute approximate surface area is 211 Å². The van der Waals surface area contributed by atoms with Gasteiger partial charge in [0.1, 0.15) is 11.6 Å². The van der Waals surface area contributed by atoms with Crippen LogP contribution in [0.2, 0.25) is 0 Å². The second-order valence-electron chi connectivity index (χ2n) is 9.31. The highest BCUT2D eigenvalue weighted by Crippen LogP contribution is 2.33. The molecule has 0 saturated carbocycles. The molecule has 0 saturated heterocycles. The zero-order valence-corrected chi connectivity index (χ0v) is 20.0. The Morgan fingerprint density at radius 2 is 1.64 bits per heavy atom. The van der Waals surface area contributed by atoms with Crippen LogP contribution in [0.25, 0.3) is 11.1 Å². The predicted octanol–water partition coefficient (Wildman–Crippen LogP) is 5.88. The van der Waals surface area contributed by atoms with Crippen molar-refractivity contribution in [1.29, 1.82) is 0 Å². The zero-order valence-electron chi connectivity index (χ0n) is 20.0. The molecule has 182 valence electrons. The van der Waals surface area contributed by atoms with Crippen molar-refractivity contribution < 1.29 is 14.3 Å². The lowest BCUT2D eigenvalue weighted by molar-refractivity contribution is -0.121. The SMILES string of the molecule is O=C(CCc1ccccc1O)NC1Cc2cc(-c3ccc(F)cc3)ccc2N(Cc2ccccc2)C1. The van der Waals surface area contributed by atoms with Crippen LogP contribution in [0.1, 0.15) is 23.1 Å². The molecule has 1 aliphatic rings. The van der Waals surface area contributed by atoms with Crippen LogP contribution in [-0.2, 0) is 24.2 Å². The summed E-state index contributed by atoms with van der Waals surface area (Å²) in [7, 11) is 0. The molecule has 4 nitrogen and oxygen atoms in total. The van der Waals surface area contributed by atoms with Crippen molar-refractivity contribution in [2.45, 2.75) is 31.8 Å². The van der Waals surface area contributed by atoms with Crippen molar-refractivity contribution in [2.75, 3.05) is 11.4 Å². The number of nitrogens with zero attached hydrogens (tertiary/aromatic N) is 1. The van der Waals surface area contributed by atoms with Crippen LogP contribution >= 0.6 is 0 Å². The van der Waals surface area contributed by atoms with E-state index >= 15 is 0 Å². The maximum absolute atomic E-state index is 13.4. The molecule has 0 bridgehead atoms. The van der Waals surface area contributed by atoms with Crippen molar-refractivity contribution in [3.05, 3.63) is 120 Å². The maximum Gasteiger partial charge on any atom is 0.220 e. The summed E-state index contributed by atoms with van der Waals surface area (Å²) in [6.45, 7) is 1.45. The van der Waals surface area contributed by atoms with E-state index in [0.717, 1.165) is 40.9 Å². The standard InChI is InChI=1S/C31H29FN2O2/c32-27-14-10-23(11-15-27)25-12-16-29-26(18-25)19-28(21-34(29)20-22-6-2-1-3-7-22)33-31(36)17-13-24-8-4-5-9-30(24)35/h1-12,14-16,18,28,35H,13,17,19-21H2,(H,33,36). The van der Waals surface area contributed by atoms with E-state index in [2.05, 4.69) is 40.5 Å². The number of anilines is 1. The summed E-state index contributed by atoms with van der Waals surface area (Å²) in [5.41, 5.74) is 6.28. The highest BCUT2D eigenvalue weighted by Gasteiger charge is 2.26. The third-order valence-electron chi connectivity index (χ3n) is 6.70. The fraction of sp³-hybridized carbons (Fsp3) is 0.194. The molecule has 36 heavy (non-hydrogen) atoms. The van der Waals surface area contributed by atoms with Gasteiger partial charge in [0, 0.05) is 25.2 Å². The van der Waals surface area contributed by atoms with Crippen LogP contribution in [-0.4, -0.2) is 23.6 Å². The van der Waals surface area contributed by atoms with Gasteiger partial charge >= 0.3 is 0 Å². The largest absolute Gasteiger partial charge is 0.508 e. The number of halogens is 1. The highest BCUT2D eigenvalue weighted by atomic mass is 19.1. The molecule has 1 aliphatic heterocycles. The van der Waals surface area contributed by atoms with Crippen molar-refractivity contribution in [3.63, 3.8) is 0 Å². The van der Waals surface area contributed by atoms with E-state index in [-0.39, 0.29) is 23.5 Å². The van der Waals surface area contributed by atoms with Gasteiger partial charge in [0.15, 0.2) is 0 Å². The number of carbonyl (C=O) groups excluding carboxylic acids is 1. The fourth-order valence-electron chi connectivity index (χ4n) is 4.89. The normalized spacial score (nSPS) is 14.8. The minimum Gasteiger partial charge on any atom is -0.508 e. The van der Waals surface area contributed by atoms with Gasteiger partial charge in [-0.2, -0.15) is 0 Å². The second kappa shape index (κ2) is 10.6. The van der Waals surface area contributed by atoms with Crippen molar-refractivity contribution in [2.24, 2.45) is 0 Å². The number of amides is 1. The van der Waals surface area contributed by atoms with Gasteiger partial charge in [-0.15, -0.1) is 0 Å². The molecule has 0 aromatic heterocycles. The van der Waals surface area contributed by atoms with E-state index in [9.17, 15) is 14.3 Å². The van der Waals surface area contributed by atoms with Gasteiger partial charge in [0.25, 0.3) is 0 Å². The molecule has 0 aliphatic carbocycles. The number of benzene rings is 4. The predicted molar refractivity (Wildman–Crippen MR) is 141 cm³/mol. The number of rotatable bonds is 7.